The molecule has 3 heterocycles. The molecular formula is C31H28F4N4O6S. The largest absolute Gasteiger partial charge is 0.495 e. The van der Waals surface area contributed by atoms with Crippen LogP contribution < -0.4 is 14.4 Å². The lowest BCUT2D eigenvalue weighted by Gasteiger charge is -2.46. The second kappa shape index (κ2) is 11.2. The van der Waals surface area contributed by atoms with E-state index < -0.39 is 52.4 Å². The van der Waals surface area contributed by atoms with Gasteiger partial charge in [-0.2, -0.15) is 25.9 Å². The first kappa shape index (κ1) is 30.4. The molecule has 3 fully saturated rings. The average molecular weight is 661 g/mol. The highest BCUT2D eigenvalue weighted by molar-refractivity contribution is 7.90. The van der Waals surface area contributed by atoms with E-state index in [4.69, 9.17) is 14.0 Å². The van der Waals surface area contributed by atoms with Crippen molar-refractivity contribution in [1.82, 2.24) is 9.46 Å². The number of methoxy groups -OCH3 is 1. The lowest BCUT2D eigenvalue weighted by molar-refractivity contribution is -0.137. The van der Waals surface area contributed by atoms with Crippen molar-refractivity contribution in [2.24, 2.45) is 0 Å². The van der Waals surface area contributed by atoms with Gasteiger partial charge in [-0.15, -0.1) is 0 Å². The Balaban J connectivity index is 1.13. The smallest absolute Gasteiger partial charge is 0.416 e. The number of hydrogen-bond donors (Lipinski definition) is 1. The Morgan fingerprint density at radius 1 is 1.07 bits per heavy atom. The van der Waals surface area contributed by atoms with Crippen LogP contribution >= 0.6 is 0 Å². The molecule has 4 aromatic rings. The van der Waals surface area contributed by atoms with Crippen molar-refractivity contribution >= 4 is 38.6 Å². The summed E-state index contributed by atoms with van der Waals surface area (Å²) in [5, 5.41) is 4.48. The van der Waals surface area contributed by atoms with E-state index in [9.17, 15) is 26.4 Å². The number of rotatable bonds is 7. The average Bonchev–Trinajstić information content (AvgIpc) is 3.81. The number of aromatic nitrogens is 1. The number of ether oxygens (including phenoxy) is 2. The molecule has 7 rings (SSSR count). The lowest BCUT2D eigenvalue weighted by atomic mass is 9.97. The molecular weight excluding hydrogens is 632 g/mol. The van der Waals surface area contributed by atoms with Crippen LogP contribution in [0.3, 0.4) is 0 Å². The number of alkyl halides is 3. The summed E-state index contributed by atoms with van der Waals surface area (Å²) >= 11 is 0. The third-order valence-corrected chi connectivity index (χ3v) is 10.1. The Morgan fingerprint density at radius 2 is 1.87 bits per heavy atom. The zero-order chi connectivity index (χ0) is 32.4. The summed E-state index contributed by atoms with van der Waals surface area (Å²) in [6.07, 6.45) is -3.10. The molecule has 46 heavy (non-hydrogen) atoms. The minimum Gasteiger partial charge on any atom is -0.495 e. The van der Waals surface area contributed by atoms with Crippen molar-refractivity contribution < 1.29 is 44.8 Å². The van der Waals surface area contributed by atoms with Crippen LogP contribution in [0.1, 0.15) is 36.3 Å². The molecule has 1 amide bonds. The maximum absolute atomic E-state index is 15.6. The van der Waals surface area contributed by atoms with Crippen LogP contribution in [0.4, 0.5) is 29.1 Å². The fraction of sp³-hybridized carbons (Fsp3) is 0.355. The van der Waals surface area contributed by atoms with Crippen molar-refractivity contribution in [1.29, 1.82) is 0 Å². The Kier molecular flexibility index (Phi) is 7.44. The molecule has 0 bridgehead atoms. The molecule has 0 radical (unpaired) electrons. The summed E-state index contributed by atoms with van der Waals surface area (Å²) in [5.74, 6) is -0.786. The number of benzene rings is 3. The number of anilines is 2. The fourth-order valence-corrected chi connectivity index (χ4v) is 7.37. The molecule has 1 saturated carbocycles. The molecule has 2 saturated heterocycles. The molecule has 10 nitrogen and oxygen atoms in total. The molecule has 1 aliphatic carbocycles. The highest BCUT2D eigenvalue weighted by Crippen LogP contribution is 2.43. The monoisotopic (exact) mass is 660 g/mol. The van der Waals surface area contributed by atoms with Crippen molar-refractivity contribution in [2.45, 2.75) is 43.5 Å². The molecule has 1 N–H and O–H groups in total. The fourth-order valence-electron chi connectivity index (χ4n) is 6.17. The second-order valence-corrected chi connectivity index (χ2v) is 13.2. The summed E-state index contributed by atoms with van der Waals surface area (Å²) in [5.41, 5.74) is 0.514. The summed E-state index contributed by atoms with van der Waals surface area (Å²) < 4.78 is 103. The molecule has 2 aliphatic heterocycles. The maximum atomic E-state index is 15.6. The number of amides is 1. The minimum absolute atomic E-state index is 0.000135. The summed E-state index contributed by atoms with van der Waals surface area (Å²) in [6.45, 7) is -0.514. The molecule has 2 unspecified atom stereocenters. The number of hydrogen-bond acceptors (Lipinski definition) is 7. The Morgan fingerprint density at radius 3 is 2.61 bits per heavy atom. The van der Waals surface area contributed by atoms with Crippen LogP contribution in [0.2, 0.25) is 0 Å². The summed E-state index contributed by atoms with van der Waals surface area (Å²) in [7, 11) is -2.82. The van der Waals surface area contributed by atoms with E-state index in [1.807, 2.05) is 12.1 Å². The predicted octanol–water partition coefficient (Wildman–Crippen LogP) is 5.70. The first-order chi connectivity index (χ1) is 21.9. The number of nitrogens with zero attached hydrogens (tertiary/aromatic N) is 3. The molecule has 0 spiro atoms. The number of morpholine rings is 1. The highest BCUT2D eigenvalue weighted by atomic mass is 32.2. The van der Waals surface area contributed by atoms with E-state index >= 15 is 4.39 Å². The van der Waals surface area contributed by atoms with Gasteiger partial charge in [-0.05, 0) is 66.6 Å². The first-order valence-electron chi connectivity index (χ1n) is 14.6. The van der Waals surface area contributed by atoms with Crippen molar-refractivity contribution in [3.8, 4) is 16.9 Å². The van der Waals surface area contributed by atoms with Crippen LogP contribution in [-0.2, 0) is 25.9 Å². The van der Waals surface area contributed by atoms with E-state index in [1.165, 1.54) is 34.5 Å². The molecule has 3 aliphatic rings. The van der Waals surface area contributed by atoms with Crippen LogP contribution in [-0.4, -0.2) is 62.7 Å². The van der Waals surface area contributed by atoms with Crippen molar-refractivity contribution in [2.75, 3.05) is 36.4 Å². The van der Waals surface area contributed by atoms with Gasteiger partial charge in [-0.3, -0.25) is 9.52 Å². The standard InChI is InChI=1S/C31H28F4N4O6S/c1-43-27-13-21(19-3-2-4-20(11-19)31(33,34)35)23(32)14-25(27)39-24-9-10-38(15-28(24)44-16-29(39)40)46(41,42)37-30-22-12-18(17-5-6-17)7-8-26(22)45-36-30/h2-4,7-8,11-14,17,24,28H,5-6,9-10,15-16H2,1H3,(H,36,37). The SMILES string of the molecule is COc1cc(-c2cccc(C(F)(F)F)c2)c(F)cc1N1C(=O)COC2CN(S(=O)(=O)Nc3noc4ccc(C5CC5)cc34)CCC21. The maximum Gasteiger partial charge on any atom is 0.416 e. The lowest BCUT2D eigenvalue weighted by Crippen LogP contribution is -2.62. The van der Waals surface area contributed by atoms with Gasteiger partial charge in [0, 0.05) is 24.7 Å². The zero-order valence-electron chi connectivity index (χ0n) is 24.4. The zero-order valence-corrected chi connectivity index (χ0v) is 25.2. The predicted molar refractivity (Wildman–Crippen MR) is 159 cm³/mol. The van der Waals surface area contributed by atoms with Crippen LogP contribution in [0.5, 0.6) is 5.75 Å². The van der Waals surface area contributed by atoms with Gasteiger partial charge < -0.3 is 18.9 Å². The van der Waals surface area contributed by atoms with Crippen molar-refractivity contribution in [3.05, 3.63) is 71.5 Å². The summed E-state index contributed by atoms with van der Waals surface area (Å²) in [6, 6.07) is 11.5. The second-order valence-electron chi connectivity index (χ2n) is 11.6. The van der Waals surface area contributed by atoms with Gasteiger partial charge in [0.2, 0.25) is 0 Å². The van der Waals surface area contributed by atoms with Gasteiger partial charge in [-0.1, -0.05) is 23.4 Å². The molecule has 3 aromatic carbocycles. The van der Waals surface area contributed by atoms with Crippen molar-refractivity contribution in [3.63, 3.8) is 0 Å². The van der Waals surface area contributed by atoms with E-state index in [1.54, 1.807) is 6.07 Å². The first-order valence-corrected chi connectivity index (χ1v) is 16.0. The van der Waals surface area contributed by atoms with Gasteiger partial charge in [0.1, 0.15) is 18.2 Å². The van der Waals surface area contributed by atoms with Gasteiger partial charge in [0.15, 0.2) is 11.4 Å². The molecule has 2 atom stereocenters. The molecule has 242 valence electrons. The third kappa shape index (κ3) is 5.56. The van der Waals surface area contributed by atoms with E-state index in [0.717, 1.165) is 36.6 Å². The number of piperidine rings is 1. The van der Waals surface area contributed by atoms with E-state index in [0.29, 0.717) is 16.9 Å². The van der Waals surface area contributed by atoms with E-state index in [2.05, 4.69) is 9.88 Å². The van der Waals surface area contributed by atoms with Crippen LogP contribution in [0, 0.1) is 5.82 Å². The van der Waals surface area contributed by atoms with E-state index in [-0.39, 0.29) is 47.9 Å². The Labute approximate surface area is 261 Å². The summed E-state index contributed by atoms with van der Waals surface area (Å²) in [4.78, 5) is 14.5. The number of carbonyl (C=O) groups excluding carboxylic acids is 1. The van der Waals surface area contributed by atoms with Crippen LogP contribution in [0.15, 0.2) is 59.1 Å². The molecule has 1 aromatic heterocycles. The Hall–Kier alpha value is -4.21. The molecule has 15 heteroatoms. The number of fused-ring (bicyclic) bond motifs is 2. The number of halogens is 4. The van der Waals surface area contributed by atoms with Crippen LogP contribution in [0.25, 0.3) is 22.1 Å². The third-order valence-electron chi connectivity index (χ3n) is 8.65. The number of carbonyl (C=O) groups is 1. The highest BCUT2D eigenvalue weighted by Gasteiger charge is 2.45. The number of nitrogens with one attached hydrogen (secondary N) is 1. The van der Waals surface area contributed by atoms with Gasteiger partial charge in [0.25, 0.3) is 5.91 Å². The topological polar surface area (TPSA) is 114 Å². The quantitative estimate of drug-likeness (QED) is 0.253. The van der Waals surface area contributed by atoms with Gasteiger partial charge in [0.05, 0.1) is 35.9 Å². The Bertz CT molecular complexity index is 1940. The van der Waals surface area contributed by atoms with Gasteiger partial charge in [-0.25, -0.2) is 4.39 Å². The normalized spacial score (nSPS) is 21.0. The van der Waals surface area contributed by atoms with Gasteiger partial charge >= 0.3 is 16.4 Å². The minimum atomic E-state index is -4.62.